The topological polar surface area (TPSA) is 87.7 Å². The van der Waals surface area contributed by atoms with Gasteiger partial charge < -0.3 is 15.4 Å². The molecular formula is C30H43N3O4S. The molecule has 0 fully saturated rings. The second-order valence-corrected chi connectivity index (χ2v) is 11.3. The number of ether oxygens (including phenoxy) is 1. The second kappa shape index (κ2) is 15.0. The Balaban J connectivity index is 1.52. The molecule has 0 spiro atoms. The maximum atomic E-state index is 12.6. The van der Waals surface area contributed by atoms with E-state index in [1.807, 2.05) is 30.4 Å². The molecule has 1 aliphatic rings. The van der Waals surface area contributed by atoms with Gasteiger partial charge in [-0.25, -0.2) is 4.79 Å². The van der Waals surface area contributed by atoms with Crippen LogP contribution in [0.4, 0.5) is 0 Å². The summed E-state index contributed by atoms with van der Waals surface area (Å²) in [6.07, 6.45) is 5.47. The Morgan fingerprint density at radius 1 is 1.05 bits per heavy atom. The van der Waals surface area contributed by atoms with E-state index in [0.717, 1.165) is 50.8 Å². The van der Waals surface area contributed by atoms with Crippen LogP contribution < -0.4 is 15.4 Å². The molecule has 8 heteroatoms. The average molecular weight is 542 g/mol. The Kier molecular flexibility index (Phi) is 11.8. The molecule has 0 saturated carbocycles. The third-order valence-corrected chi connectivity index (χ3v) is 8.19. The summed E-state index contributed by atoms with van der Waals surface area (Å²) in [5.74, 6) is -0.864. The summed E-state index contributed by atoms with van der Waals surface area (Å²) < 4.78 is 5.70. The molecule has 0 radical (unpaired) electrons. The van der Waals surface area contributed by atoms with Crippen molar-refractivity contribution in [2.24, 2.45) is 11.8 Å². The first kappa shape index (κ1) is 29.8. The lowest BCUT2D eigenvalue weighted by Crippen LogP contribution is -2.41. The number of amides is 2. The van der Waals surface area contributed by atoms with Gasteiger partial charge in [-0.15, -0.1) is 11.3 Å². The van der Waals surface area contributed by atoms with Crippen molar-refractivity contribution in [3.8, 4) is 5.75 Å². The van der Waals surface area contributed by atoms with Gasteiger partial charge in [-0.3, -0.25) is 14.5 Å². The molecule has 1 heterocycles. The number of carbonyl (C=O) groups is 3. The van der Waals surface area contributed by atoms with Crippen LogP contribution in [0.2, 0.25) is 0 Å². The lowest BCUT2D eigenvalue weighted by molar-refractivity contribution is -0.136. The van der Waals surface area contributed by atoms with E-state index in [9.17, 15) is 14.4 Å². The van der Waals surface area contributed by atoms with Gasteiger partial charge in [-0.2, -0.15) is 0 Å². The average Bonchev–Trinajstić information content (AvgIpc) is 3.43. The highest BCUT2D eigenvalue weighted by Gasteiger charge is 2.27. The van der Waals surface area contributed by atoms with Crippen LogP contribution in [0.15, 0.2) is 35.7 Å². The lowest BCUT2D eigenvalue weighted by atomic mass is 9.86. The van der Waals surface area contributed by atoms with Crippen molar-refractivity contribution in [3.05, 3.63) is 51.7 Å². The fourth-order valence-electron chi connectivity index (χ4n) is 5.22. The van der Waals surface area contributed by atoms with E-state index in [2.05, 4.69) is 46.0 Å². The number of rotatable bonds is 14. The molecule has 1 aromatic carbocycles. The van der Waals surface area contributed by atoms with Crippen LogP contribution in [0.3, 0.4) is 0 Å². The minimum Gasteiger partial charge on any atom is -0.425 e. The molecule has 1 aliphatic carbocycles. The third kappa shape index (κ3) is 8.67. The molecule has 2 aromatic rings. The quantitative estimate of drug-likeness (QED) is 0.274. The van der Waals surface area contributed by atoms with E-state index >= 15 is 0 Å². The standard InChI is InChI=1S/C30H43N3O4S/c1-5-15-33(16-14-25-10-8-17-38-25)24-12-13-26-23(19-24)9-7-11-27(26)37-28(34)20-32-30(36)22(4)18-21(3)29(35)31-6-2/h7-11,17,21-22,24H,5-6,12-16,18-20H2,1-4H3,(H,31,35)(H,32,36)/t21?,22?,24-/m0/s1. The monoisotopic (exact) mass is 541 g/mol. The SMILES string of the molecule is CCCN(CCc1cccs1)[C@H]1CCc2c(cccc2OC(=O)CNC(=O)C(C)CC(C)C(=O)NCC)C1. The molecule has 208 valence electrons. The molecule has 0 saturated heterocycles. The Bertz CT molecular complexity index is 1060. The Morgan fingerprint density at radius 2 is 1.82 bits per heavy atom. The first-order valence-corrected chi connectivity index (χ1v) is 14.8. The van der Waals surface area contributed by atoms with E-state index in [1.165, 1.54) is 10.4 Å². The van der Waals surface area contributed by atoms with E-state index in [1.54, 1.807) is 13.8 Å². The van der Waals surface area contributed by atoms with E-state index < -0.39 is 5.97 Å². The van der Waals surface area contributed by atoms with Gasteiger partial charge >= 0.3 is 5.97 Å². The van der Waals surface area contributed by atoms with Crippen molar-refractivity contribution in [1.82, 2.24) is 15.5 Å². The third-order valence-electron chi connectivity index (χ3n) is 7.25. The molecule has 0 aliphatic heterocycles. The molecule has 3 atom stereocenters. The van der Waals surface area contributed by atoms with Gasteiger partial charge in [-0.05, 0) is 80.6 Å². The van der Waals surface area contributed by atoms with Gasteiger partial charge in [0.15, 0.2) is 0 Å². The molecule has 0 bridgehead atoms. The number of fused-ring (bicyclic) bond motifs is 1. The van der Waals surface area contributed by atoms with Crippen molar-refractivity contribution >= 4 is 29.1 Å². The van der Waals surface area contributed by atoms with Crippen molar-refractivity contribution in [2.45, 2.75) is 72.3 Å². The summed E-state index contributed by atoms with van der Waals surface area (Å²) in [6.45, 7) is 10.2. The normalized spacial score (nSPS) is 16.4. The first-order valence-electron chi connectivity index (χ1n) is 14.0. The maximum Gasteiger partial charge on any atom is 0.330 e. The highest BCUT2D eigenvalue weighted by molar-refractivity contribution is 7.09. The lowest BCUT2D eigenvalue weighted by Gasteiger charge is -2.35. The second-order valence-electron chi connectivity index (χ2n) is 10.3. The van der Waals surface area contributed by atoms with Crippen molar-refractivity contribution in [1.29, 1.82) is 0 Å². The zero-order valence-electron chi connectivity index (χ0n) is 23.3. The first-order chi connectivity index (χ1) is 18.3. The number of hydrogen-bond donors (Lipinski definition) is 2. The zero-order chi connectivity index (χ0) is 27.5. The van der Waals surface area contributed by atoms with Crippen LogP contribution in [-0.4, -0.2) is 54.9 Å². The van der Waals surface area contributed by atoms with Crippen LogP contribution in [0.1, 0.15) is 63.0 Å². The predicted octanol–water partition coefficient (Wildman–Crippen LogP) is 4.38. The molecule has 38 heavy (non-hydrogen) atoms. The predicted molar refractivity (Wildman–Crippen MR) is 152 cm³/mol. The largest absolute Gasteiger partial charge is 0.425 e. The van der Waals surface area contributed by atoms with Crippen molar-refractivity contribution < 1.29 is 19.1 Å². The summed E-state index contributed by atoms with van der Waals surface area (Å²) in [6, 6.07) is 10.7. The number of hydrogen-bond acceptors (Lipinski definition) is 6. The Labute approximate surface area is 231 Å². The minimum absolute atomic E-state index is 0.0667. The number of thiophene rings is 1. The van der Waals surface area contributed by atoms with Crippen LogP contribution in [-0.2, 0) is 33.6 Å². The van der Waals surface area contributed by atoms with E-state index in [4.69, 9.17) is 4.74 Å². The highest BCUT2D eigenvalue weighted by Crippen LogP contribution is 2.32. The van der Waals surface area contributed by atoms with Crippen LogP contribution >= 0.6 is 11.3 Å². The number of carbonyl (C=O) groups excluding carboxylic acids is 3. The molecule has 3 rings (SSSR count). The van der Waals surface area contributed by atoms with E-state index in [-0.39, 0.29) is 30.2 Å². The fourth-order valence-corrected chi connectivity index (χ4v) is 5.92. The van der Waals surface area contributed by atoms with Crippen LogP contribution in [0.25, 0.3) is 0 Å². The van der Waals surface area contributed by atoms with Crippen LogP contribution in [0.5, 0.6) is 5.75 Å². The number of nitrogens with one attached hydrogen (secondary N) is 2. The number of nitrogens with zero attached hydrogens (tertiary/aromatic N) is 1. The zero-order valence-corrected chi connectivity index (χ0v) is 24.1. The minimum atomic E-state index is -0.485. The Morgan fingerprint density at radius 3 is 2.50 bits per heavy atom. The highest BCUT2D eigenvalue weighted by atomic mass is 32.1. The number of benzene rings is 1. The molecule has 1 aromatic heterocycles. The van der Waals surface area contributed by atoms with Crippen molar-refractivity contribution in [3.63, 3.8) is 0 Å². The van der Waals surface area contributed by atoms with Gasteiger partial charge in [-0.1, -0.05) is 39.0 Å². The molecule has 2 N–H and O–H groups in total. The summed E-state index contributed by atoms with van der Waals surface area (Å²) >= 11 is 1.82. The summed E-state index contributed by atoms with van der Waals surface area (Å²) in [7, 11) is 0. The summed E-state index contributed by atoms with van der Waals surface area (Å²) in [5, 5.41) is 7.58. The fraction of sp³-hybridized carbons (Fsp3) is 0.567. The van der Waals surface area contributed by atoms with Crippen molar-refractivity contribution in [2.75, 3.05) is 26.2 Å². The molecule has 7 nitrogen and oxygen atoms in total. The smallest absolute Gasteiger partial charge is 0.330 e. The van der Waals surface area contributed by atoms with Gasteiger partial charge in [0.25, 0.3) is 0 Å². The van der Waals surface area contributed by atoms with E-state index in [0.29, 0.717) is 24.8 Å². The maximum absolute atomic E-state index is 12.6. The molecule has 2 amide bonds. The van der Waals surface area contributed by atoms with Gasteiger partial charge in [0, 0.05) is 35.8 Å². The van der Waals surface area contributed by atoms with Gasteiger partial charge in [0.05, 0.1) is 0 Å². The number of esters is 1. The Hall–Kier alpha value is -2.71. The summed E-state index contributed by atoms with van der Waals surface area (Å²) in [4.78, 5) is 41.0. The summed E-state index contributed by atoms with van der Waals surface area (Å²) in [5.41, 5.74) is 2.34. The van der Waals surface area contributed by atoms with Crippen LogP contribution in [0, 0.1) is 11.8 Å². The molecule has 2 unspecified atom stereocenters. The van der Waals surface area contributed by atoms with Gasteiger partial charge in [0.2, 0.25) is 11.8 Å². The molecular weight excluding hydrogens is 498 g/mol. The van der Waals surface area contributed by atoms with Gasteiger partial charge in [0.1, 0.15) is 12.3 Å².